The Morgan fingerprint density at radius 2 is 1.82 bits per heavy atom. The van der Waals surface area contributed by atoms with Crippen LogP contribution in [0.3, 0.4) is 0 Å². The van der Waals surface area contributed by atoms with Crippen molar-refractivity contribution in [3.8, 4) is 0 Å². The summed E-state index contributed by atoms with van der Waals surface area (Å²) < 4.78 is 23.6. The minimum Gasteiger partial charge on any atom is -0.224 e. The number of rotatable bonds is 1. The van der Waals surface area contributed by atoms with Gasteiger partial charge in [-0.1, -0.05) is 35.9 Å². The molecule has 0 fully saturated rings. The molecule has 4 aromatic rings. The lowest BCUT2D eigenvalue weighted by molar-refractivity contribution is 0.603. The Hall–Kier alpha value is -1.32. The van der Waals surface area contributed by atoms with Crippen LogP contribution in [0.5, 0.6) is 0 Å². The number of halogens is 1. The van der Waals surface area contributed by atoms with Gasteiger partial charge in [-0.3, -0.25) is 0 Å². The second kappa shape index (κ2) is 3.34. The largest absolute Gasteiger partial charge is 0.224 e. The van der Waals surface area contributed by atoms with E-state index >= 15 is 0 Å². The molecule has 0 spiro atoms. The first kappa shape index (κ1) is 10.8. The summed E-state index contributed by atoms with van der Waals surface area (Å²) in [4.78, 5) is 0.345. The highest BCUT2D eigenvalue weighted by Crippen LogP contribution is 2.37. The predicted molar refractivity (Wildman–Crippen MR) is 70.8 cm³/mol. The van der Waals surface area contributed by atoms with E-state index in [1.165, 1.54) is 6.26 Å². The van der Waals surface area contributed by atoms with E-state index in [2.05, 4.69) is 0 Å². The first-order valence-electron chi connectivity index (χ1n) is 5.12. The van der Waals surface area contributed by atoms with Gasteiger partial charge in [-0.2, -0.15) is 0 Å². The van der Waals surface area contributed by atoms with Crippen LogP contribution in [-0.2, 0) is 9.84 Å². The molecule has 2 nitrogen and oxygen atoms in total. The van der Waals surface area contributed by atoms with Crippen LogP contribution in [-0.4, -0.2) is 14.7 Å². The van der Waals surface area contributed by atoms with Crippen LogP contribution in [0.2, 0.25) is 5.02 Å². The minimum atomic E-state index is -3.24. The number of fused-ring (bicyclic) bond motifs is 2. The third kappa shape index (κ3) is 1.50. The lowest BCUT2D eigenvalue weighted by Crippen LogP contribution is -1.99. The number of hydrogen-bond acceptors (Lipinski definition) is 2. The molecule has 4 aromatic carbocycles. The zero-order valence-corrected chi connectivity index (χ0v) is 10.6. The normalized spacial score (nSPS) is 12.6. The van der Waals surface area contributed by atoms with Crippen molar-refractivity contribution in [2.75, 3.05) is 6.26 Å². The summed E-state index contributed by atoms with van der Waals surface area (Å²) in [5.74, 6) is 0. The fraction of sp³-hybridized carbons (Fsp3) is 0.0769. The molecule has 0 atom stereocenters. The van der Waals surface area contributed by atoms with Crippen LogP contribution in [0.15, 0.2) is 41.3 Å². The van der Waals surface area contributed by atoms with E-state index in [1.807, 2.05) is 24.3 Å². The second-order valence-electron chi connectivity index (χ2n) is 4.15. The lowest BCUT2D eigenvalue weighted by Gasteiger charge is -2.12. The first-order valence-corrected chi connectivity index (χ1v) is 7.39. The summed E-state index contributed by atoms with van der Waals surface area (Å²) in [6.07, 6.45) is 1.22. The molecule has 0 amide bonds. The van der Waals surface area contributed by atoms with Gasteiger partial charge < -0.3 is 0 Å². The zero-order chi connectivity index (χ0) is 12.2. The third-order valence-electron chi connectivity index (χ3n) is 2.98. The minimum absolute atomic E-state index is 0.345. The van der Waals surface area contributed by atoms with Gasteiger partial charge in [0.2, 0.25) is 0 Å². The Morgan fingerprint density at radius 3 is 2.47 bits per heavy atom. The molecule has 0 unspecified atom stereocenters. The van der Waals surface area contributed by atoms with Gasteiger partial charge in [0.25, 0.3) is 0 Å². The van der Waals surface area contributed by atoms with Crippen LogP contribution in [0.4, 0.5) is 0 Å². The zero-order valence-electron chi connectivity index (χ0n) is 9.07. The van der Waals surface area contributed by atoms with Gasteiger partial charge in [0.1, 0.15) is 0 Å². The molecule has 0 aliphatic carbocycles. The summed E-state index contributed by atoms with van der Waals surface area (Å²) in [6, 6.07) is 11.0. The molecule has 86 valence electrons. The van der Waals surface area contributed by atoms with Crippen LogP contribution >= 0.6 is 11.6 Å². The van der Waals surface area contributed by atoms with Crippen molar-refractivity contribution in [2.45, 2.75) is 4.90 Å². The maximum Gasteiger partial charge on any atom is 0.176 e. The monoisotopic (exact) mass is 264 g/mol. The maximum atomic E-state index is 11.8. The van der Waals surface area contributed by atoms with Gasteiger partial charge in [-0.05, 0) is 22.9 Å². The molecule has 0 saturated heterocycles. The van der Waals surface area contributed by atoms with Crippen molar-refractivity contribution < 1.29 is 8.42 Å². The van der Waals surface area contributed by atoms with Gasteiger partial charge in [-0.25, -0.2) is 8.42 Å². The van der Waals surface area contributed by atoms with Gasteiger partial charge >= 0.3 is 0 Å². The lowest BCUT2D eigenvalue weighted by atomic mass is 9.99. The standard InChI is InChI=1S/C13H9ClO2S/c1-17(15,16)12-4-2-3-9-8-5-6-10(13(9)12)11(14)7-8/h2-7H,1H3. The first-order chi connectivity index (χ1) is 7.98. The van der Waals surface area contributed by atoms with Gasteiger partial charge in [-0.15, -0.1) is 0 Å². The average Bonchev–Trinajstić information content (AvgIpc) is 2.28. The van der Waals surface area contributed by atoms with E-state index in [-0.39, 0.29) is 0 Å². The van der Waals surface area contributed by atoms with E-state index in [4.69, 9.17) is 11.6 Å². The Labute approximate surface area is 104 Å². The average molecular weight is 265 g/mol. The van der Waals surface area contributed by atoms with Crippen molar-refractivity contribution in [3.05, 3.63) is 41.4 Å². The van der Waals surface area contributed by atoms with Crippen LogP contribution < -0.4 is 0 Å². The molecule has 0 aliphatic heterocycles. The van der Waals surface area contributed by atoms with Crippen molar-refractivity contribution in [1.29, 1.82) is 0 Å². The fourth-order valence-corrected chi connectivity index (χ4v) is 3.44. The molecule has 0 radical (unpaired) electrons. The quantitative estimate of drug-likeness (QED) is 0.674. The Morgan fingerprint density at radius 1 is 1.06 bits per heavy atom. The summed E-state index contributed by atoms with van der Waals surface area (Å²) in [5.41, 5.74) is 0. The third-order valence-corrected chi connectivity index (χ3v) is 4.43. The molecule has 4 heteroatoms. The second-order valence-corrected chi connectivity index (χ2v) is 6.54. The molecule has 0 aromatic heterocycles. The van der Waals surface area contributed by atoms with E-state index in [0.717, 1.165) is 21.5 Å². The van der Waals surface area contributed by atoms with E-state index in [9.17, 15) is 8.42 Å². The topological polar surface area (TPSA) is 34.1 Å². The summed E-state index contributed by atoms with van der Waals surface area (Å²) in [6.45, 7) is 0. The van der Waals surface area contributed by atoms with Gasteiger partial charge in [0.15, 0.2) is 9.84 Å². The highest BCUT2D eigenvalue weighted by Gasteiger charge is 2.16. The van der Waals surface area contributed by atoms with Crippen molar-refractivity contribution in [2.24, 2.45) is 0 Å². The van der Waals surface area contributed by atoms with E-state index in [0.29, 0.717) is 9.92 Å². The number of hydrogen-bond donors (Lipinski definition) is 0. The van der Waals surface area contributed by atoms with Gasteiger partial charge in [0.05, 0.1) is 4.90 Å². The van der Waals surface area contributed by atoms with Gasteiger partial charge in [0, 0.05) is 22.1 Å². The summed E-state index contributed by atoms with van der Waals surface area (Å²) in [7, 11) is -3.24. The smallest absolute Gasteiger partial charge is 0.176 e. The molecule has 4 rings (SSSR count). The molecular formula is C13H9ClO2S. The summed E-state index contributed by atoms with van der Waals surface area (Å²) in [5, 5.41) is 4.03. The molecule has 2 bridgehead atoms. The summed E-state index contributed by atoms with van der Waals surface area (Å²) >= 11 is 6.12. The predicted octanol–water partition coefficient (Wildman–Crippen LogP) is 3.49. The van der Waals surface area contributed by atoms with Crippen LogP contribution in [0, 0.1) is 0 Å². The molecular weight excluding hydrogens is 256 g/mol. The Kier molecular flexibility index (Phi) is 2.12. The molecule has 17 heavy (non-hydrogen) atoms. The van der Waals surface area contributed by atoms with E-state index < -0.39 is 9.84 Å². The van der Waals surface area contributed by atoms with Crippen LogP contribution in [0.25, 0.3) is 21.5 Å². The number of sulfone groups is 1. The van der Waals surface area contributed by atoms with Crippen LogP contribution in [0.1, 0.15) is 0 Å². The Bertz CT molecular complexity index is 822. The molecule has 0 saturated carbocycles. The molecule has 0 aliphatic rings. The van der Waals surface area contributed by atoms with Crippen molar-refractivity contribution >= 4 is 43.0 Å². The van der Waals surface area contributed by atoms with Crippen molar-refractivity contribution in [1.82, 2.24) is 0 Å². The SMILES string of the molecule is CS(=O)(=O)c1cccc2c3ccc(c(Cl)c3)c12. The fourth-order valence-electron chi connectivity index (χ4n) is 2.24. The van der Waals surface area contributed by atoms with Crippen molar-refractivity contribution in [3.63, 3.8) is 0 Å². The highest BCUT2D eigenvalue weighted by atomic mass is 35.5. The highest BCUT2D eigenvalue weighted by molar-refractivity contribution is 7.91. The maximum absolute atomic E-state index is 11.8. The molecule has 0 N–H and O–H groups in total. The number of benzene rings is 4. The Balaban J connectivity index is 2.66. The van der Waals surface area contributed by atoms with E-state index in [1.54, 1.807) is 12.1 Å². The molecule has 0 heterocycles.